The molecule has 3 rings (SSSR count). The number of benzene rings is 1. The largest absolute Gasteiger partial charge is 0.481 e. The SMILES string of the molecule is CC1(C(=O)O)CCN(Cc2ccc(-c3cccc(Br)c3)s2)C1. The third-order valence-electron chi connectivity index (χ3n) is 4.22. The maximum atomic E-state index is 11.3. The van der Waals surface area contributed by atoms with Crippen LogP contribution in [0.5, 0.6) is 0 Å². The van der Waals surface area contributed by atoms with Crippen molar-refractivity contribution < 1.29 is 9.90 Å². The molecule has 1 aromatic carbocycles. The number of halogens is 1. The van der Waals surface area contributed by atoms with Crippen LogP contribution in [-0.2, 0) is 11.3 Å². The molecule has 2 heterocycles. The molecule has 5 heteroatoms. The predicted octanol–water partition coefficient (Wildman–Crippen LogP) is 4.47. The maximum Gasteiger partial charge on any atom is 0.310 e. The van der Waals surface area contributed by atoms with Crippen LogP contribution in [0.2, 0.25) is 0 Å². The number of nitrogens with zero attached hydrogens (tertiary/aromatic N) is 1. The third-order valence-corrected chi connectivity index (χ3v) is 5.83. The molecule has 0 amide bonds. The first-order valence-corrected chi connectivity index (χ1v) is 8.88. The molecule has 0 radical (unpaired) electrons. The monoisotopic (exact) mass is 379 g/mol. The number of likely N-dealkylation sites (tertiary alicyclic amines) is 1. The van der Waals surface area contributed by atoms with Crippen LogP contribution < -0.4 is 0 Å². The molecular weight excluding hydrogens is 362 g/mol. The van der Waals surface area contributed by atoms with Crippen LogP contribution in [0, 0.1) is 5.41 Å². The Morgan fingerprint density at radius 1 is 1.41 bits per heavy atom. The van der Waals surface area contributed by atoms with Gasteiger partial charge in [-0.2, -0.15) is 0 Å². The highest BCUT2D eigenvalue weighted by Crippen LogP contribution is 2.34. The molecule has 1 aliphatic rings. The Kier molecular flexibility index (Phi) is 4.39. The van der Waals surface area contributed by atoms with Crippen LogP contribution in [0.15, 0.2) is 40.9 Å². The lowest BCUT2D eigenvalue weighted by molar-refractivity contribution is -0.147. The molecule has 1 unspecified atom stereocenters. The number of carboxylic acids is 1. The van der Waals surface area contributed by atoms with Gasteiger partial charge in [0, 0.05) is 27.3 Å². The Balaban J connectivity index is 1.69. The van der Waals surface area contributed by atoms with Crippen LogP contribution in [0.1, 0.15) is 18.2 Å². The van der Waals surface area contributed by atoms with E-state index in [0.717, 1.165) is 24.0 Å². The Morgan fingerprint density at radius 2 is 2.23 bits per heavy atom. The van der Waals surface area contributed by atoms with Crippen molar-refractivity contribution in [2.45, 2.75) is 19.9 Å². The van der Waals surface area contributed by atoms with Crippen LogP contribution in [0.3, 0.4) is 0 Å². The first kappa shape index (κ1) is 15.7. The summed E-state index contributed by atoms with van der Waals surface area (Å²) in [6.07, 6.45) is 0.728. The van der Waals surface area contributed by atoms with Crippen molar-refractivity contribution >= 4 is 33.2 Å². The van der Waals surface area contributed by atoms with Gasteiger partial charge in [-0.3, -0.25) is 9.69 Å². The highest BCUT2D eigenvalue weighted by Gasteiger charge is 2.40. The fourth-order valence-corrected chi connectivity index (χ4v) is 4.29. The van der Waals surface area contributed by atoms with E-state index in [1.54, 1.807) is 11.3 Å². The first-order chi connectivity index (χ1) is 10.5. The van der Waals surface area contributed by atoms with Crippen LogP contribution >= 0.6 is 27.3 Å². The lowest BCUT2D eigenvalue weighted by Crippen LogP contribution is -2.31. The van der Waals surface area contributed by atoms with Crippen molar-refractivity contribution in [1.82, 2.24) is 4.90 Å². The van der Waals surface area contributed by atoms with E-state index in [2.05, 4.69) is 45.1 Å². The van der Waals surface area contributed by atoms with Gasteiger partial charge in [-0.1, -0.05) is 28.1 Å². The summed E-state index contributed by atoms with van der Waals surface area (Å²) in [5.41, 5.74) is 0.618. The molecule has 0 saturated carbocycles. The Bertz CT molecular complexity index is 699. The average Bonchev–Trinajstić information content (AvgIpc) is 3.07. The van der Waals surface area contributed by atoms with Crippen molar-refractivity contribution in [2.75, 3.05) is 13.1 Å². The molecule has 0 aliphatic carbocycles. The summed E-state index contributed by atoms with van der Waals surface area (Å²) in [4.78, 5) is 16.1. The molecule has 1 aromatic heterocycles. The van der Waals surface area contributed by atoms with Crippen molar-refractivity contribution in [3.63, 3.8) is 0 Å². The summed E-state index contributed by atoms with van der Waals surface area (Å²) in [6, 6.07) is 12.6. The van der Waals surface area contributed by atoms with Gasteiger partial charge in [0.25, 0.3) is 0 Å². The van der Waals surface area contributed by atoms with Gasteiger partial charge < -0.3 is 5.11 Å². The molecule has 1 saturated heterocycles. The lowest BCUT2D eigenvalue weighted by atomic mass is 9.90. The minimum atomic E-state index is -0.684. The lowest BCUT2D eigenvalue weighted by Gasteiger charge is -2.19. The molecule has 1 atom stereocenters. The Hall–Kier alpha value is -1.17. The van der Waals surface area contributed by atoms with Crippen molar-refractivity contribution in [1.29, 1.82) is 0 Å². The molecule has 1 fully saturated rings. The molecular formula is C17H18BrNO2S. The van der Waals surface area contributed by atoms with E-state index in [0.29, 0.717) is 6.54 Å². The molecule has 22 heavy (non-hydrogen) atoms. The molecule has 3 nitrogen and oxygen atoms in total. The van der Waals surface area contributed by atoms with E-state index in [1.807, 2.05) is 19.1 Å². The fraction of sp³-hybridized carbons (Fsp3) is 0.353. The second-order valence-electron chi connectivity index (χ2n) is 6.10. The van der Waals surface area contributed by atoms with Gasteiger partial charge in [-0.25, -0.2) is 0 Å². The normalized spacial score (nSPS) is 22.1. The van der Waals surface area contributed by atoms with Crippen molar-refractivity contribution in [3.8, 4) is 10.4 Å². The summed E-state index contributed by atoms with van der Waals surface area (Å²) < 4.78 is 1.08. The van der Waals surface area contributed by atoms with Gasteiger partial charge in [-0.05, 0) is 49.7 Å². The van der Waals surface area contributed by atoms with E-state index in [1.165, 1.54) is 15.3 Å². The minimum Gasteiger partial charge on any atom is -0.481 e. The van der Waals surface area contributed by atoms with E-state index < -0.39 is 11.4 Å². The van der Waals surface area contributed by atoms with E-state index >= 15 is 0 Å². The molecule has 2 aromatic rings. The quantitative estimate of drug-likeness (QED) is 0.851. The van der Waals surface area contributed by atoms with Crippen LogP contribution in [0.25, 0.3) is 10.4 Å². The van der Waals surface area contributed by atoms with Crippen molar-refractivity contribution in [3.05, 3.63) is 45.7 Å². The highest BCUT2D eigenvalue weighted by atomic mass is 79.9. The summed E-state index contributed by atoms with van der Waals surface area (Å²) in [5.74, 6) is -0.684. The Labute approximate surface area is 142 Å². The van der Waals surface area contributed by atoms with E-state index in [4.69, 9.17) is 0 Å². The second kappa shape index (κ2) is 6.14. The van der Waals surface area contributed by atoms with E-state index in [-0.39, 0.29) is 0 Å². The smallest absolute Gasteiger partial charge is 0.310 e. The third kappa shape index (κ3) is 3.26. The molecule has 0 bridgehead atoms. The zero-order valence-electron chi connectivity index (χ0n) is 12.4. The van der Waals surface area contributed by atoms with Gasteiger partial charge in [0.15, 0.2) is 0 Å². The van der Waals surface area contributed by atoms with E-state index in [9.17, 15) is 9.90 Å². The molecule has 116 valence electrons. The van der Waals surface area contributed by atoms with Crippen LogP contribution in [-0.4, -0.2) is 29.1 Å². The second-order valence-corrected chi connectivity index (χ2v) is 8.19. The minimum absolute atomic E-state index is 0.593. The number of carboxylic acid groups (broad SMARTS) is 1. The zero-order valence-corrected chi connectivity index (χ0v) is 14.8. The standard InChI is InChI=1S/C17H18BrNO2S/c1-17(16(20)21)7-8-19(11-17)10-14-5-6-15(22-14)12-3-2-4-13(18)9-12/h2-6,9H,7-8,10-11H2,1H3,(H,20,21). The summed E-state index contributed by atoms with van der Waals surface area (Å²) in [7, 11) is 0. The molecule has 0 spiro atoms. The number of rotatable bonds is 4. The van der Waals surface area contributed by atoms with Gasteiger partial charge in [-0.15, -0.1) is 11.3 Å². The van der Waals surface area contributed by atoms with Crippen molar-refractivity contribution in [2.24, 2.45) is 5.41 Å². The summed E-state index contributed by atoms with van der Waals surface area (Å²) >= 11 is 5.28. The summed E-state index contributed by atoms with van der Waals surface area (Å²) in [6.45, 7) is 4.16. The maximum absolute atomic E-state index is 11.3. The predicted molar refractivity (Wildman–Crippen MR) is 93.1 cm³/mol. The number of hydrogen-bond acceptors (Lipinski definition) is 3. The summed E-state index contributed by atoms with van der Waals surface area (Å²) in [5, 5.41) is 9.31. The first-order valence-electron chi connectivity index (χ1n) is 7.27. The highest BCUT2D eigenvalue weighted by molar-refractivity contribution is 9.10. The van der Waals surface area contributed by atoms with Gasteiger partial charge in [0.05, 0.1) is 5.41 Å². The number of carbonyl (C=O) groups is 1. The average molecular weight is 380 g/mol. The van der Waals surface area contributed by atoms with Gasteiger partial charge >= 0.3 is 5.97 Å². The van der Waals surface area contributed by atoms with Crippen LogP contribution in [0.4, 0.5) is 0 Å². The topological polar surface area (TPSA) is 40.5 Å². The van der Waals surface area contributed by atoms with Gasteiger partial charge in [0.2, 0.25) is 0 Å². The fourth-order valence-electron chi connectivity index (χ4n) is 2.85. The molecule has 1 aliphatic heterocycles. The Morgan fingerprint density at radius 3 is 2.91 bits per heavy atom. The number of hydrogen-bond donors (Lipinski definition) is 1. The number of aliphatic carboxylic acids is 1. The zero-order chi connectivity index (χ0) is 15.7. The molecule has 1 N–H and O–H groups in total. The number of thiophene rings is 1. The van der Waals surface area contributed by atoms with Gasteiger partial charge in [0.1, 0.15) is 0 Å².